The number of carbonyl (C=O) groups excluding carboxylic acids is 1. The van der Waals surface area contributed by atoms with Crippen molar-refractivity contribution in [2.75, 3.05) is 26.8 Å². The number of methoxy groups -OCH3 is 1. The normalized spacial score (nSPS) is 17.0. The third-order valence-electron chi connectivity index (χ3n) is 6.14. The summed E-state index contributed by atoms with van der Waals surface area (Å²) in [6.45, 7) is 3.74. The van der Waals surface area contributed by atoms with Crippen LogP contribution in [-0.4, -0.2) is 48.6 Å². The number of nitrogens with zero attached hydrogens (tertiary/aromatic N) is 2. The first-order valence-electron chi connectivity index (χ1n) is 10.9. The van der Waals surface area contributed by atoms with Crippen LogP contribution in [0.1, 0.15) is 25.3 Å². The van der Waals surface area contributed by atoms with Gasteiger partial charge in [0.1, 0.15) is 11.3 Å². The van der Waals surface area contributed by atoms with Crippen LogP contribution in [0.4, 0.5) is 4.79 Å². The lowest BCUT2D eigenvalue weighted by Crippen LogP contribution is -2.52. The van der Waals surface area contributed by atoms with Gasteiger partial charge in [-0.15, -0.1) is 0 Å². The van der Waals surface area contributed by atoms with E-state index in [0.29, 0.717) is 39.1 Å². The fourth-order valence-corrected chi connectivity index (χ4v) is 4.44. The highest BCUT2D eigenvalue weighted by Gasteiger charge is 2.42. The van der Waals surface area contributed by atoms with Crippen LogP contribution >= 0.6 is 0 Å². The minimum Gasteiger partial charge on any atom is -0.494 e. The van der Waals surface area contributed by atoms with Crippen molar-refractivity contribution < 1.29 is 23.7 Å². The molecule has 0 bridgehead atoms. The first-order valence-corrected chi connectivity index (χ1v) is 10.9. The molecule has 166 valence electrons. The molecular formula is C25H26N2O5. The minimum absolute atomic E-state index is 0.276. The van der Waals surface area contributed by atoms with Gasteiger partial charge in [-0.2, -0.15) is 0 Å². The Hall–Kier alpha value is -3.32. The maximum Gasteiger partial charge on any atom is 0.409 e. The molecule has 2 aliphatic rings. The Bertz CT molecular complexity index is 1150. The average molecular weight is 434 g/mol. The molecule has 2 aliphatic heterocycles. The lowest BCUT2D eigenvalue weighted by Gasteiger charge is -2.43. The second kappa shape index (κ2) is 8.31. The van der Waals surface area contributed by atoms with E-state index in [1.54, 1.807) is 18.2 Å². The van der Waals surface area contributed by atoms with Crippen molar-refractivity contribution in [1.82, 2.24) is 9.88 Å². The summed E-state index contributed by atoms with van der Waals surface area (Å²) in [7, 11) is 1.67. The number of amides is 1. The van der Waals surface area contributed by atoms with Gasteiger partial charge in [-0.05, 0) is 36.8 Å². The second-order valence-electron chi connectivity index (χ2n) is 8.03. The first kappa shape index (κ1) is 20.6. The number of aromatic nitrogens is 1. The van der Waals surface area contributed by atoms with Gasteiger partial charge in [0, 0.05) is 48.6 Å². The number of likely N-dealkylation sites (tertiary alicyclic amines) is 1. The summed E-state index contributed by atoms with van der Waals surface area (Å²) in [5, 5.41) is 1.04. The molecule has 1 fully saturated rings. The molecule has 3 aromatic rings. The molecule has 2 aromatic carbocycles. The lowest BCUT2D eigenvalue weighted by molar-refractivity contribution is -0.226. The fourth-order valence-electron chi connectivity index (χ4n) is 4.44. The number of rotatable bonds is 3. The van der Waals surface area contributed by atoms with Crippen LogP contribution in [0.25, 0.3) is 22.0 Å². The summed E-state index contributed by atoms with van der Waals surface area (Å²) in [5.74, 6) is 0.883. The summed E-state index contributed by atoms with van der Waals surface area (Å²) in [6, 6.07) is 14.2. The van der Waals surface area contributed by atoms with Crippen LogP contribution in [0, 0.1) is 0 Å². The quantitative estimate of drug-likeness (QED) is 0.592. The van der Waals surface area contributed by atoms with Crippen LogP contribution in [0.15, 0.2) is 48.7 Å². The Balaban J connectivity index is 1.38. The van der Waals surface area contributed by atoms with E-state index in [1.165, 1.54) is 0 Å². The number of benzene rings is 2. The van der Waals surface area contributed by atoms with E-state index in [1.807, 2.05) is 31.2 Å². The SMILES string of the molecule is CCOC(=O)N1CCC2(CC1)OCc1cc(-c3ccc4cccnc4c3OC)ccc1O2. The topological polar surface area (TPSA) is 70.1 Å². The summed E-state index contributed by atoms with van der Waals surface area (Å²) in [5.41, 5.74) is 3.83. The van der Waals surface area contributed by atoms with Crippen LogP contribution in [0.5, 0.6) is 11.5 Å². The van der Waals surface area contributed by atoms with E-state index in [9.17, 15) is 4.79 Å². The molecule has 0 atom stereocenters. The maximum absolute atomic E-state index is 12.0. The molecule has 3 heterocycles. The first-order chi connectivity index (χ1) is 15.6. The van der Waals surface area contributed by atoms with Gasteiger partial charge in [0.2, 0.25) is 5.79 Å². The third kappa shape index (κ3) is 3.62. The number of fused-ring (bicyclic) bond motifs is 2. The largest absolute Gasteiger partial charge is 0.494 e. The Morgan fingerprint density at radius 1 is 1.19 bits per heavy atom. The molecule has 32 heavy (non-hydrogen) atoms. The number of carbonyl (C=O) groups is 1. The van der Waals surface area contributed by atoms with Crippen molar-refractivity contribution in [2.24, 2.45) is 0 Å². The average Bonchev–Trinajstić information content (AvgIpc) is 2.83. The van der Waals surface area contributed by atoms with Gasteiger partial charge >= 0.3 is 6.09 Å². The highest BCUT2D eigenvalue weighted by molar-refractivity contribution is 5.92. The van der Waals surface area contributed by atoms with E-state index in [4.69, 9.17) is 18.9 Å². The van der Waals surface area contributed by atoms with Crippen molar-refractivity contribution in [3.8, 4) is 22.6 Å². The van der Waals surface area contributed by atoms with E-state index in [2.05, 4.69) is 23.2 Å². The number of pyridine rings is 1. The van der Waals surface area contributed by atoms with E-state index < -0.39 is 5.79 Å². The molecule has 1 amide bonds. The number of piperidine rings is 1. The minimum atomic E-state index is -0.692. The molecule has 7 nitrogen and oxygen atoms in total. The summed E-state index contributed by atoms with van der Waals surface area (Å²) < 4.78 is 23.3. The summed E-state index contributed by atoms with van der Waals surface area (Å²) in [4.78, 5) is 18.2. The van der Waals surface area contributed by atoms with Crippen LogP contribution < -0.4 is 9.47 Å². The molecule has 0 aliphatic carbocycles. The van der Waals surface area contributed by atoms with E-state index in [0.717, 1.165) is 39.1 Å². The number of ether oxygens (including phenoxy) is 4. The zero-order valence-corrected chi connectivity index (χ0v) is 18.3. The van der Waals surface area contributed by atoms with Gasteiger partial charge in [0.25, 0.3) is 0 Å². The van der Waals surface area contributed by atoms with Crippen LogP contribution in [0.2, 0.25) is 0 Å². The Morgan fingerprint density at radius 2 is 2.03 bits per heavy atom. The monoisotopic (exact) mass is 434 g/mol. The number of hydrogen-bond donors (Lipinski definition) is 0. The fraction of sp³-hybridized carbons (Fsp3) is 0.360. The molecule has 0 N–H and O–H groups in total. The second-order valence-corrected chi connectivity index (χ2v) is 8.03. The van der Waals surface area contributed by atoms with Crippen LogP contribution in [0.3, 0.4) is 0 Å². The zero-order chi connectivity index (χ0) is 22.1. The van der Waals surface area contributed by atoms with Crippen LogP contribution in [-0.2, 0) is 16.1 Å². The molecule has 0 saturated carbocycles. The smallest absolute Gasteiger partial charge is 0.409 e. The molecule has 0 radical (unpaired) electrons. The molecule has 0 unspecified atom stereocenters. The van der Waals surface area contributed by atoms with Gasteiger partial charge < -0.3 is 23.8 Å². The van der Waals surface area contributed by atoms with Gasteiger partial charge in [-0.1, -0.05) is 18.2 Å². The molecule has 1 saturated heterocycles. The Morgan fingerprint density at radius 3 is 2.81 bits per heavy atom. The van der Waals surface area contributed by atoms with Gasteiger partial charge in [-0.25, -0.2) is 4.79 Å². The predicted octanol–water partition coefficient (Wildman–Crippen LogP) is 4.77. The van der Waals surface area contributed by atoms with Gasteiger partial charge in [-0.3, -0.25) is 4.98 Å². The Kier molecular flexibility index (Phi) is 5.35. The number of hydrogen-bond acceptors (Lipinski definition) is 6. The third-order valence-corrected chi connectivity index (χ3v) is 6.14. The molecule has 1 aromatic heterocycles. The van der Waals surface area contributed by atoms with E-state index >= 15 is 0 Å². The predicted molar refractivity (Wildman–Crippen MR) is 120 cm³/mol. The molecule has 1 spiro atoms. The summed E-state index contributed by atoms with van der Waals surface area (Å²) in [6.07, 6.45) is 2.71. The molecule has 5 rings (SSSR count). The lowest BCUT2D eigenvalue weighted by atomic mass is 9.98. The highest BCUT2D eigenvalue weighted by atomic mass is 16.7. The van der Waals surface area contributed by atoms with Crippen molar-refractivity contribution >= 4 is 17.0 Å². The summed E-state index contributed by atoms with van der Waals surface area (Å²) >= 11 is 0. The van der Waals surface area contributed by atoms with Crippen molar-refractivity contribution in [3.05, 3.63) is 54.2 Å². The van der Waals surface area contributed by atoms with Crippen molar-refractivity contribution in [1.29, 1.82) is 0 Å². The van der Waals surface area contributed by atoms with E-state index in [-0.39, 0.29) is 6.09 Å². The highest BCUT2D eigenvalue weighted by Crippen LogP contribution is 2.41. The van der Waals surface area contributed by atoms with Gasteiger partial charge in [0.15, 0.2) is 5.75 Å². The Labute approximate surface area is 186 Å². The molecule has 7 heteroatoms. The van der Waals surface area contributed by atoms with Gasteiger partial charge in [0.05, 0.1) is 20.3 Å². The standard InChI is InChI=1S/C25H26N2O5/c1-3-30-24(28)27-13-10-25(11-14-27)31-16-19-15-18(7-9-21(19)32-25)20-8-6-17-5-4-12-26-22(17)23(20)29-2/h4-9,12,15H,3,10-11,13-14,16H2,1-2H3. The van der Waals surface area contributed by atoms with Crippen molar-refractivity contribution in [2.45, 2.75) is 32.2 Å². The maximum atomic E-state index is 12.0. The van der Waals surface area contributed by atoms with Crippen molar-refractivity contribution in [3.63, 3.8) is 0 Å². The molecular weight excluding hydrogens is 408 g/mol. The zero-order valence-electron chi connectivity index (χ0n) is 18.3.